The minimum absolute atomic E-state index is 0.106. The van der Waals surface area contributed by atoms with E-state index in [9.17, 15) is 4.79 Å². The second-order valence-electron chi connectivity index (χ2n) is 4.28. The number of carbonyl (C=O) groups is 1. The number of benzene rings is 1. The van der Waals surface area contributed by atoms with Crippen LogP contribution in [0.5, 0.6) is 0 Å². The van der Waals surface area contributed by atoms with Gasteiger partial charge < -0.3 is 5.32 Å². The first-order valence-corrected chi connectivity index (χ1v) is 7.94. The van der Waals surface area contributed by atoms with Crippen molar-refractivity contribution in [1.82, 2.24) is 15.3 Å². The van der Waals surface area contributed by atoms with Crippen molar-refractivity contribution in [3.8, 4) is 0 Å². The molecule has 1 aromatic heterocycles. The number of thioether (sulfide) groups is 1. The summed E-state index contributed by atoms with van der Waals surface area (Å²) in [6.45, 7) is 1.87. The first-order valence-electron chi connectivity index (χ1n) is 6.20. The summed E-state index contributed by atoms with van der Waals surface area (Å²) in [6.07, 6.45) is 3.28. The summed E-state index contributed by atoms with van der Waals surface area (Å²) in [4.78, 5) is 20.0. The molecule has 4 nitrogen and oxygen atoms in total. The molecule has 2 rings (SSSR count). The summed E-state index contributed by atoms with van der Waals surface area (Å²) >= 11 is 13.3. The van der Waals surface area contributed by atoms with Gasteiger partial charge in [-0.05, 0) is 30.7 Å². The number of hydrogen-bond donors (Lipinski definition) is 1. The molecule has 110 valence electrons. The lowest BCUT2D eigenvalue weighted by Gasteiger charge is -2.15. The second-order valence-corrected chi connectivity index (χ2v) is 6.06. The van der Waals surface area contributed by atoms with Crippen LogP contribution in [0, 0.1) is 0 Å². The van der Waals surface area contributed by atoms with E-state index < -0.39 is 0 Å². The van der Waals surface area contributed by atoms with Crippen LogP contribution in [0.15, 0.2) is 41.8 Å². The number of carbonyl (C=O) groups excluding carboxylic acids is 1. The Morgan fingerprint density at radius 2 is 2.05 bits per heavy atom. The lowest BCUT2D eigenvalue weighted by Crippen LogP contribution is -2.28. The van der Waals surface area contributed by atoms with Crippen LogP contribution in [0.4, 0.5) is 0 Å². The van der Waals surface area contributed by atoms with Crippen LogP contribution in [0.1, 0.15) is 18.5 Å². The van der Waals surface area contributed by atoms with E-state index in [1.165, 1.54) is 11.8 Å². The van der Waals surface area contributed by atoms with Crippen molar-refractivity contribution < 1.29 is 4.79 Å². The Bertz CT molecular complexity index is 625. The van der Waals surface area contributed by atoms with Gasteiger partial charge in [0.05, 0.1) is 11.8 Å². The van der Waals surface area contributed by atoms with Crippen LogP contribution >= 0.6 is 35.0 Å². The summed E-state index contributed by atoms with van der Waals surface area (Å²) in [5.74, 6) is 0.144. The molecule has 0 aliphatic heterocycles. The molecule has 1 amide bonds. The number of rotatable bonds is 5. The van der Waals surface area contributed by atoms with Crippen molar-refractivity contribution in [1.29, 1.82) is 0 Å². The molecule has 1 N–H and O–H groups in total. The summed E-state index contributed by atoms with van der Waals surface area (Å²) in [5, 5.41) is 4.56. The maximum Gasteiger partial charge on any atom is 0.230 e. The van der Waals surface area contributed by atoms with Gasteiger partial charge in [0.25, 0.3) is 0 Å². The molecule has 1 heterocycles. The highest BCUT2D eigenvalue weighted by Crippen LogP contribution is 2.26. The zero-order valence-electron chi connectivity index (χ0n) is 11.2. The Morgan fingerprint density at radius 1 is 1.33 bits per heavy atom. The minimum atomic E-state index is -0.195. The van der Waals surface area contributed by atoms with Crippen molar-refractivity contribution in [2.75, 3.05) is 5.75 Å². The lowest BCUT2D eigenvalue weighted by molar-refractivity contribution is -0.119. The van der Waals surface area contributed by atoms with Crippen molar-refractivity contribution in [3.63, 3.8) is 0 Å². The highest BCUT2D eigenvalue weighted by molar-refractivity contribution is 7.99. The zero-order valence-corrected chi connectivity index (χ0v) is 13.5. The van der Waals surface area contributed by atoms with Gasteiger partial charge in [-0.15, -0.1) is 0 Å². The molecule has 7 heteroatoms. The summed E-state index contributed by atoms with van der Waals surface area (Å²) in [7, 11) is 0. The van der Waals surface area contributed by atoms with Gasteiger partial charge in [-0.1, -0.05) is 41.0 Å². The molecule has 0 saturated heterocycles. The quantitative estimate of drug-likeness (QED) is 0.664. The molecule has 0 spiro atoms. The van der Waals surface area contributed by atoms with E-state index in [1.807, 2.05) is 13.0 Å². The summed E-state index contributed by atoms with van der Waals surface area (Å²) in [6, 6.07) is 6.75. The number of aromatic nitrogens is 2. The van der Waals surface area contributed by atoms with Gasteiger partial charge in [-0.3, -0.25) is 4.79 Å². The average Bonchev–Trinajstić information content (AvgIpc) is 2.46. The van der Waals surface area contributed by atoms with Gasteiger partial charge in [0.1, 0.15) is 0 Å². The standard InChI is InChI=1S/C14H13Cl2N3OS/c1-9(11-4-3-10(15)7-12(11)16)19-13(20)8-21-14-17-5-2-6-18-14/h2-7,9H,8H2,1H3,(H,19,20)/t9-/m1/s1. The fraction of sp³-hybridized carbons (Fsp3) is 0.214. The Balaban J connectivity index is 1.90. The van der Waals surface area contributed by atoms with E-state index in [4.69, 9.17) is 23.2 Å². The third kappa shape index (κ3) is 4.88. The molecule has 0 bridgehead atoms. The Morgan fingerprint density at radius 3 is 2.71 bits per heavy atom. The van der Waals surface area contributed by atoms with Crippen LogP contribution in [0.2, 0.25) is 10.0 Å². The number of nitrogens with one attached hydrogen (secondary N) is 1. The third-order valence-electron chi connectivity index (χ3n) is 2.68. The largest absolute Gasteiger partial charge is 0.349 e. The van der Waals surface area contributed by atoms with E-state index in [0.29, 0.717) is 15.2 Å². The molecule has 0 aliphatic carbocycles. The topological polar surface area (TPSA) is 54.9 Å². The molecule has 0 saturated carbocycles. The van der Waals surface area contributed by atoms with Crippen LogP contribution < -0.4 is 5.32 Å². The fourth-order valence-corrected chi connectivity index (χ4v) is 2.89. The van der Waals surface area contributed by atoms with Gasteiger partial charge in [0, 0.05) is 22.4 Å². The average molecular weight is 342 g/mol. The highest BCUT2D eigenvalue weighted by atomic mass is 35.5. The molecule has 1 aromatic carbocycles. The molecule has 21 heavy (non-hydrogen) atoms. The van der Waals surface area contributed by atoms with Crippen LogP contribution in [-0.4, -0.2) is 21.6 Å². The normalized spacial score (nSPS) is 12.0. The number of nitrogens with zero attached hydrogens (tertiary/aromatic N) is 2. The SMILES string of the molecule is C[C@@H](NC(=O)CSc1ncccn1)c1ccc(Cl)cc1Cl. The van der Waals surface area contributed by atoms with Crippen molar-refractivity contribution in [3.05, 3.63) is 52.3 Å². The monoisotopic (exact) mass is 341 g/mol. The summed E-state index contributed by atoms with van der Waals surface area (Å²) < 4.78 is 0. The van der Waals surface area contributed by atoms with E-state index in [-0.39, 0.29) is 17.7 Å². The second kappa shape index (κ2) is 7.64. The van der Waals surface area contributed by atoms with Gasteiger partial charge in [0.2, 0.25) is 5.91 Å². The van der Waals surface area contributed by atoms with Crippen LogP contribution in [0.3, 0.4) is 0 Å². The first-order chi connectivity index (χ1) is 10.1. The molecular formula is C14H13Cl2N3OS. The van der Waals surface area contributed by atoms with Gasteiger partial charge in [0.15, 0.2) is 5.16 Å². The van der Waals surface area contributed by atoms with E-state index in [0.717, 1.165) is 5.56 Å². The van der Waals surface area contributed by atoms with Crippen molar-refractivity contribution >= 4 is 40.9 Å². The molecule has 0 unspecified atom stereocenters. The number of amides is 1. The molecular weight excluding hydrogens is 329 g/mol. The Labute approximate surface area is 137 Å². The highest BCUT2D eigenvalue weighted by Gasteiger charge is 2.13. The molecule has 1 atom stereocenters. The van der Waals surface area contributed by atoms with Crippen LogP contribution in [0.25, 0.3) is 0 Å². The fourth-order valence-electron chi connectivity index (χ4n) is 1.70. The minimum Gasteiger partial charge on any atom is -0.349 e. The van der Waals surface area contributed by atoms with E-state index in [1.54, 1.807) is 30.6 Å². The third-order valence-corrected chi connectivity index (χ3v) is 4.12. The maximum absolute atomic E-state index is 11.9. The Hall–Kier alpha value is -1.30. The smallest absolute Gasteiger partial charge is 0.230 e. The van der Waals surface area contributed by atoms with E-state index >= 15 is 0 Å². The van der Waals surface area contributed by atoms with Gasteiger partial charge in [-0.2, -0.15) is 0 Å². The van der Waals surface area contributed by atoms with Gasteiger partial charge in [-0.25, -0.2) is 9.97 Å². The Kier molecular flexibility index (Phi) is 5.85. The first kappa shape index (κ1) is 16.1. The predicted molar refractivity (Wildman–Crippen MR) is 85.8 cm³/mol. The molecule has 2 aromatic rings. The lowest BCUT2D eigenvalue weighted by atomic mass is 10.1. The van der Waals surface area contributed by atoms with Gasteiger partial charge >= 0.3 is 0 Å². The predicted octanol–water partition coefficient (Wildman–Crippen LogP) is 3.75. The van der Waals surface area contributed by atoms with E-state index in [2.05, 4.69) is 15.3 Å². The zero-order chi connectivity index (χ0) is 15.2. The molecule has 0 fully saturated rings. The summed E-state index contributed by atoms with van der Waals surface area (Å²) in [5.41, 5.74) is 0.829. The number of halogens is 2. The van der Waals surface area contributed by atoms with Crippen LogP contribution in [-0.2, 0) is 4.79 Å². The maximum atomic E-state index is 11.9. The molecule has 0 radical (unpaired) electrons. The van der Waals surface area contributed by atoms with Crippen molar-refractivity contribution in [2.24, 2.45) is 0 Å². The molecule has 0 aliphatic rings. The number of hydrogen-bond acceptors (Lipinski definition) is 4. The van der Waals surface area contributed by atoms with Crippen molar-refractivity contribution in [2.45, 2.75) is 18.1 Å².